The third-order valence-electron chi connectivity index (χ3n) is 3.56. The van der Waals surface area contributed by atoms with Crippen LogP contribution in [-0.2, 0) is 4.74 Å². The van der Waals surface area contributed by atoms with Crippen LogP contribution < -0.4 is 5.32 Å². The lowest BCUT2D eigenvalue weighted by molar-refractivity contribution is 0.108. The van der Waals surface area contributed by atoms with E-state index < -0.39 is 0 Å². The van der Waals surface area contributed by atoms with Crippen molar-refractivity contribution < 1.29 is 4.74 Å². The summed E-state index contributed by atoms with van der Waals surface area (Å²) in [5.74, 6) is 0. The fraction of sp³-hybridized carbons (Fsp3) is 0.647. The van der Waals surface area contributed by atoms with Gasteiger partial charge in [-0.1, -0.05) is 44.9 Å². The largest absolute Gasteiger partial charge is 0.379 e. The Kier molecular flexibility index (Phi) is 7.76. The van der Waals surface area contributed by atoms with Crippen molar-refractivity contribution in [2.24, 2.45) is 0 Å². The molecule has 0 aliphatic carbocycles. The zero-order valence-electron chi connectivity index (χ0n) is 13.0. The van der Waals surface area contributed by atoms with E-state index >= 15 is 0 Å². The highest BCUT2D eigenvalue weighted by atomic mass is 16.5. The van der Waals surface area contributed by atoms with E-state index in [0.717, 1.165) is 19.8 Å². The number of unbranched alkanes of at least 4 members (excludes halogenated alkanes) is 2. The lowest BCUT2D eigenvalue weighted by Gasteiger charge is -2.19. The summed E-state index contributed by atoms with van der Waals surface area (Å²) >= 11 is 0. The molecule has 0 saturated heterocycles. The van der Waals surface area contributed by atoms with Gasteiger partial charge in [0.25, 0.3) is 0 Å². The van der Waals surface area contributed by atoms with Crippen molar-refractivity contribution in [2.45, 2.75) is 53.0 Å². The molecule has 2 heteroatoms. The predicted octanol–water partition coefficient (Wildman–Crippen LogP) is 4.16. The van der Waals surface area contributed by atoms with Crippen molar-refractivity contribution in [3.8, 4) is 0 Å². The summed E-state index contributed by atoms with van der Waals surface area (Å²) in [4.78, 5) is 0. The van der Waals surface area contributed by atoms with Crippen LogP contribution in [0.15, 0.2) is 18.2 Å². The highest BCUT2D eigenvalue weighted by molar-refractivity contribution is 5.31. The minimum absolute atomic E-state index is 0.311. The molecule has 0 spiro atoms. The van der Waals surface area contributed by atoms with E-state index in [9.17, 15) is 0 Å². The standard InChI is InChI=1S/C17H29NO/c1-5-7-8-11-19-13-17(18-6-2)16-10-9-14(3)15(4)12-16/h9-10,12,17-18H,5-8,11,13H2,1-4H3. The molecule has 1 aromatic carbocycles. The quantitative estimate of drug-likeness (QED) is 0.675. The van der Waals surface area contributed by atoms with Gasteiger partial charge in [0, 0.05) is 6.61 Å². The van der Waals surface area contributed by atoms with Gasteiger partial charge in [-0.25, -0.2) is 0 Å². The van der Waals surface area contributed by atoms with Gasteiger partial charge in [0.2, 0.25) is 0 Å². The number of ether oxygens (including phenoxy) is 1. The average molecular weight is 263 g/mol. The fourth-order valence-electron chi connectivity index (χ4n) is 2.16. The van der Waals surface area contributed by atoms with E-state index in [0.29, 0.717) is 6.04 Å². The van der Waals surface area contributed by atoms with Crippen LogP contribution in [0, 0.1) is 13.8 Å². The number of likely N-dealkylation sites (N-methyl/N-ethyl adjacent to an activating group) is 1. The van der Waals surface area contributed by atoms with Crippen LogP contribution in [0.4, 0.5) is 0 Å². The number of hydrogen-bond acceptors (Lipinski definition) is 2. The van der Waals surface area contributed by atoms with Crippen LogP contribution in [0.5, 0.6) is 0 Å². The highest BCUT2D eigenvalue weighted by Crippen LogP contribution is 2.17. The maximum Gasteiger partial charge on any atom is 0.0661 e. The Morgan fingerprint density at radius 3 is 2.53 bits per heavy atom. The molecule has 108 valence electrons. The molecule has 19 heavy (non-hydrogen) atoms. The van der Waals surface area contributed by atoms with E-state index in [4.69, 9.17) is 4.74 Å². The summed E-state index contributed by atoms with van der Waals surface area (Å²) in [7, 11) is 0. The van der Waals surface area contributed by atoms with Gasteiger partial charge in [0.1, 0.15) is 0 Å². The first-order valence-electron chi connectivity index (χ1n) is 7.57. The number of rotatable bonds is 9. The van der Waals surface area contributed by atoms with Gasteiger partial charge in [-0.05, 0) is 43.5 Å². The van der Waals surface area contributed by atoms with Crippen LogP contribution in [0.25, 0.3) is 0 Å². The lowest BCUT2D eigenvalue weighted by Crippen LogP contribution is -2.25. The topological polar surface area (TPSA) is 21.3 Å². The summed E-state index contributed by atoms with van der Waals surface area (Å²) < 4.78 is 5.81. The molecule has 0 aliphatic heterocycles. The fourth-order valence-corrected chi connectivity index (χ4v) is 2.16. The van der Waals surface area contributed by atoms with Gasteiger partial charge in [-0.3, -0.25) is 0 Å². The maximum atomic E-state index is 5.81. The Hall–Kier alpha value is -0.860. The van der Waals surface area contributed by atoms with E-state index in [1.54, 1.807) is 0 Å². The molecule has 1 rings (SSSR count). The molecule has 1 unspecified atom stereocenters. The third kappa shape index (κ3) is 5.75. The summed E-state index contributed by atoms with van der Waals surface area (Å²) in [6.07, 6.45) is 3.68. The van der Waals surface area contributed by atoms with Crippen LogP contribution in [0.3, 0.4) is 0 Å². The molecular formula is C17H29NO. The Balaban J connectivity index is 2.53. The van der Waals surface area contributed by atoms with Crippen molar-refractivity contribution >= 4 is 0 Å². The van der Waals surface area contributed by atoms with Crippen LogP contribution in [0.1, 0.15) is 55.8 Å². The lowest BCUT2D eigenvalue weighted by atomic mass is 10.0. The summed E-state index contributed by atoms with van der Waals surface area (Å²) in [6, 6.07) is 7.00. The Bertz CT molecular complexity index is 362. The van der Waals surface area contributed by atoms with Crippen molar-refractivity contribution in [1.29, 1.82) is 0 Å². The predicted molar refractivity (Wildman–Crippen MR) is 82.7 cm³/mol. The van der Waals surface area contributed by atoms with Crippen LogP contribution in [0.2, 0.25) is 0 Å². The zero-order chi connectivity index (χ0) is 14.1. The van der Waals surface area contributed by atoms with Gasteiger partial charge >= 0.3 is 0 Å². The SMILES string of the molecule is CCCCCOCC(NCC)c1ccc(C)c(C)c1. The number of hydrogen-bond donors (Lipinski definition) is 1. The average Bonchev–Trinajstić information content (AvgIpc) is 2.40. The molecule has 0 fully saturated rings. The molecule has 0 aromatic heterocycles. The Labute approximate surface area is 118 Å². The van der Waals surface area contributed by atoms with Crippen molar-refractivity contribution in [1.82, 2.24) is 5.32 Å². The third-order valence-corrected chi connectivity index (χ3v) is 3.56. The first-order valence-corrected chi connectivity index (χ1v) is 7.57. The second kappa shape index (κ2) is 9.11. The molecule has 0 aliphatic rings. The molecule has 1 aromatic rings. The van der Waals surface area contributed by atoms with Gasteiger partial charge in [-0.2, -0.15) is 0 Å². The molecular weight excluding hydrogens is 234 g/mol. The summed E-state index contributed by atoms with van der Waals surface area (Å²) in [5.41, 5.74) is 4.04. The number of benzene rings is 1. The number of nitrogens with one attached hydrogen (secondary N) is 1. The smallest absolute Gasteiger partial charge is 0.0661 e. The summed E-state index contributed by atoms with van der Waals surface area (Å²) in [5, 5.41) is 3.51. The van der Waals surface area contributed by atoms with E-state index in [2.05, 4.69) is 51.2 Å². The molecule has 0 radical (unpaired) electrons. The normalized spacial score (nSPS) is 12.6. The monoisotopic (exact) mass is 263 g/mol. The van der Waals surface area contributed by atoms with Crippen molar-refractivity contribution in [3.63, 3.8) is 0 Å². The van der Waals surface area contributed by atoms with Gasteiger partial charge in [-0.15, -0.1) is 0 Å². The molecule has 0 bridgehead atoms. The minimum atomic E-state index is 0.311. The Morgan fingerprint density at radius 2 is 1.89 bits per heavy atom. The minimum Gasteiger partial charge on any atom is -0.379 e. The first kappa shape index (κ1) is 16.2. The van der Waals surface area contributed by atoms with E-state index in [1.165, 1.54) is 36.0 Å². The Morgan fingerprint density at radius 1 is 1.11 bits per heavy atom. The summed E-state index contributed by atoms with van der Waals surface area (Å²) in [6.45, 7) is 11.3. The van der Waals surface area contributed by atoms with E-state index in [1.807, 2.05) is 0 Å². The van der Waals surface area contributed by atoms with Crippen LogP contribution >= 0.6 is 0 Å². The van der Waals surface area contributed by atoms with E-state index in [-0.39, 0.29) is 0 Å². The molecule has 0 saturated carbocycles. The van der Waals surface area contributed by atoms with Crippen molar-refractivity contribution in [2.75, 3.05) is 19.8 Å². The van der Waals surface area contributed by atoms with Gasteiger partial charge < -0.3 is 10.1 Å². The molecule has 0 amide bonds. The second-order valence-corrected chi connectivity index (χ2v) is 5.24. The molecule has 0 heterocycles. The highest BCUT2D eigenvalue weighted by Gasteiger charge is 2.11. The molecule has 1 atom stereocenters. The van der Waals surface area contributed by atoms with Gasteiger partial charge in [0.05, 0.1) is 12.6 Å². The second-order valence-electron chi connectivity index (χ2n) is 5.24. The first-order chi connectivity index (χ1) is 9.19. The van der Waals surface area contributed by atoms with Crippen LogP contribution in [-0.4, -0.2) is 19.8 Å². The van der Waals surface area contributed by atoms with Crippen molar-refractivity contribution in [3.05, 3.63) is 34.9 Å². The van der Waals surface area contributed by atoms with Gasteiger partial charge in [0.15, 0.2) is 0 Å². The number of aryl methyl sites for hydroxylation is 2. The molecule has 2 nitrogen and oxygen atoms in total. The molecule has 1 N–H and O–H groups in total. The zero-order valence-corrected chi connectivity index (χ0v) is 13.0. The maximum absolute atomic E-state index is 5.81.